The molecule has 0 aliphatic heterocycles. The number of anilines is 2. The lowest BCUT2D eigenvalue weighted by Gasteiger charge is -2.11. The van der Waals surface area contributed by atoms with Crippen LogP contribution in [0.3, 0.4) is 0 Å². The van der Waals surface area contributed by atoms with Crippen LogP contribution in [0.25, 0.3) is 33.0 Å². The highest BCUT2D eigenvalue weighted by molar-refractivity contribution is 6.34. The second-order valence-electron chi connectivity index (χ2n) is 7.61. The Morgan fingerprint density at radius 2 is 1.75 bits per heavy atom. The summed E-state index contributed by atoms with van der Waals surface area (Å²) < 4.78 is 23.0. The average Bonchev–Trinajstić information content (AvgIpc) is 3.15. The fourth-order valence-electron chi connectivity index (χ4n) is 4.18. The van der Waals surface area contributed by atoms with Gasteiger partial charge < -0.3 is 14.3 Å². The molecule has 0 amide bonds. The summed E-state index contributed by atoms with van der Waals surface area (Å²) in [5.74, 6) is -0.249. The zero-order valence-corrected chi connectivity index (χ0v) is 18.3. The second kappa shape index (κ2) is 7.84. The molecule has 0 saturated heterocycles. The fraction of sp³-hybridized carbons (Fsp3) is 0.115. The molecule has 5 aromatic rings. The van der Waals surface area contributed by atoms with Crippen molar-refractivity contribution < 1.29 is 8.81 Å². The number of rotatable bonds is 4. The summed E-state index contributed by atoms with van der Waals surface area (Å²) in [4.78, 5) is 13.6. The van der Waals surface area contributed by atoms with Crippen molar-refractivity contribution in [1.29, 1.82) is 0 Å². The zero-order valence-electron chi connectivity index (χ0n) is 17.6. The Morgan fingerprint density at radius 1 is 1.00 bits per heavy atom. The number of para-hydroxylation sites is 2. The molecule has 0 bridgehead atoms. The lowest BCUT2D eigenvalue weighted by atomic mass is 10.0. The molecule has 0 radical (unpaired) electrons. The van der Waals surface area contributed by atoms with Crippen LogP contribution in [0, 0.1) is 12.7 Å². The van der Waals surface area contributed by atoms with Gasteiger partial charge in [0.1, 0.15) is 5.82 Å². The summed E-state index contributed by atoms with van der Waals surface area (Å²) >= 11 is 6.45. The summed E-state index contributed by atoms with van der Waals surface area (Å²) in [5.41, 5.74) is 3.14. The van der Waals surface area contributed by atoms with Gasteiger partial charge in [-0.05, 0) is 49.7 Å². The highest BCUT2D eigenvalue weighted by Gasteiger charge is 2.26. The quantitative estimate of drug-likeness (QED) is 0.315. The molecule has 3 aromatic carbocycles. The molecule has 5 rings (SSSR count). The summed E-state index contributed by atoms with van der Waals surface area (Å²) in [6.07, 6.45) is 0. The number of furan rings is 1. The van der Waals surface area contributed by atoms with Gasteiger partial charge in [-0.25, -0.2) is 4.39 Å². The van der Waals surface area contributed by atoms with Crippen LogP contribution in [0.1, 0.15) is 12.5 Å². The Balaban J connectivity index is 1.95. The number of hydrogen-bond donors (Lipinski definition) is 1. The largest absolute Gasteiger partial charge is 0.439 e. The van der Waals surface area contributed by atoms with Crippen molar-refractivity contribution in [1.82, 2.24) is 4.57 Å². The number of hydrogen-bond acceptors (Lipinski definition) is 3. The Labute approximate surface area is 188 Å². The highest BCUT2D eigenvalue weighted by atomic mass is 35.5. The maximum absolute atomic E-state index is 15.1. The summed E-state index contributed by atoms with van der Waals surface area (Å²) in [6.45, 7) is 4.33. The molecule has 2 heterocycles. The highest BCUT2D eigenvalue weighted by Crippen LogP contribution is 2.44. The van der Waals surface area contributed by atoms with Crippen molar-refractivity contribution in [3.05, 3.63) is 93.5 Å². The third kappa shape index (κ3) is 3.09. The maximum Gasteiger partial charge on any atom is 0.262 e. The van der Waals surface area contributed by atoms with Crippen LogP contribution in [-0.2, 0) is 6.54 Å². The smallest absolute Gasteiger partial charge is 0.262 e. The maximum atomic E-state index is 15.1. The molecular formula is C26H20ClFN2O2. The van der Waals surface area contributed by atoms with E-state index in [2.05, 4.69) is 5.32 Å². The van der Waals surface area contributed by atoms with E-state index in [0.717, 1.165) is 22.2 Å². The van der Waals surface area contributed by atoms with E-state index in [-0.39, 0.29) is 22.0 Å². The van der Waals surface area contributed by atoms with E-state index < -0.39 is 5.82 Å². The number of halogens is 2. The molecule has 160 valence electrons. The minimum atomic E-state index is -0.524. The van der Waals surface area contributed by atoms with Gasteiger partial charge in [-0.1, -0.05) is 48.0 Å². The third-order valence-electron chi connectivity index (χ3n) is 5.73. The van der Waals surface area contributed by atoms with Gasteiger partial charge in [0.2, 0.25) is 5.88 Å². The Bertz CT molecular complexity index is 1530. The predicted octanol–water partition coefficient (Wildman–Crippen LogP) is 7.28. The molecule has 0 atom stereocenters. The van der Waals surface area contributed by atoms with E-state index >= 15 is 4.39 Å². The van der Waals surface area contributed by atoms with E-state index in [1.165, 1.54) is 12.1 Å². The van der Waals surface area contributed by atoms with Crippen molar-refractivity contribution in [2.75, 3.05) is 5.32 Å². The molecule has 0 fully saturated rings. The van der Waals surface area contributed by atoms with Crippen LogP contribution < -0.4 is 10.9 Å². The Hall–Kier alpha value is -3.57. The predicted molar refractivity (Wildman–Crippen MR) is 129 cm³/mol. The topological polar surface area (TPSA) is 47.2 Å². The first kappa shape index (κ1) is 20.3. The molecule has 0 aliphatic carbocycles. The van der Waals surface area contributed by atoms with E-state index in [9.17, 15) is 4.79 Å². The first-order valence-corrected chi connectivity index (χ1v) is 10.7. The van der Waals surface area contributed by atoms with Crippen molar-refractivity contribution in [2.24, 2.45) is 0 Å². The van der Waals surface area contributed by atoms with Gasteiger partial charge in [0.15, 0.2) is 5.58 Å². The standard InChI is InChI=1S/C26H20ClFN2O2/c1-3-30-20-14-7-5-10-16(20)24-23(26(30)31)22(21-17(27)11-8-12-18(21)28)25(32-24)29-19-13-6-4-9-15(19)2/h4-14,29H,3H2,1-2H3. The number of nitrogens with zero attached hydrogens (tertiary/aromatic N) is 1. The molecule has 0 aliphatic rings. The second-order valence-corrected chi connectivity index (χ2v) is 8.02. The number of nitrogens with one attached hydrogen (secondary N) is 1. The van der Waals surface area contributed by atoms with Crippen molar-refractivity contribution >= 4 is 45.0 Å². The fourth-order valence-corrected chi connectivity index (χ4v) is 4.44. The van der Waals surface area contributed by atoms with Crippen LogP contribution in [0.2, 0.25) is 5.02 Å². The van der Waals surface area contributed by atoms with Gasteiger partial charge in [-0.2, -0.15) is 0 Å². The van der Waals surface area contributed by atoms with Gasteiger partial charge >= 0.3 is 0 Å². The Kier molecular flexibility index (Phi) is 4.98. The van der Waals surface area contributed by atoms with Crippen molar-refractivity contribution in [2.45, 2.75) is 20.4 Å². The average molecular weight is 447 g/mol. The summed E-state index contributed by atoms with van der Waals surface area (Å²) in [6, 6.07) is 19.7. The molecule has 0 saturated carbocycles. The van der Waals surface area contributed by atoms with E-state index in [1.54, 1.807) is 10.6 Å². The summed E-state index contributed by atoms with van der Waals surface area (Å²) in [7, 11) is 0. The zero-order chi connectivity index (χ0) is 22.4. The SMILES string of the molecule is CCn1c(=O)c2c(-c3c(F)cccc3Cl)c(Nc3ccccc3C)oc2c2ccccc21. The normalized spacial score (nSPS) is 11.4. The number of aromatic nitrogens is 1. The third-order valence-corrected chi connectivity index (χ3v) is 6.04. The minimum Gasteiger partial charge on any atom is -0.439 e. The van der Waals surface area contributed by atoms with Gasteiger partial charge in [0, 0.05) is 23.2 Å². The van der Waals surface area contributed by atoms with Gasteiger partial charge in [-0.3, -0.25) is 4.79 Å². The first-order chi connectivity index (χ1) is 15.5. The van der Waals surface area contributed by atoms with Crippen LogP contribution in [0.4, 0.5) is 16.0 Å². The molecule has 0 unspecified atom stereocenters. The monoisotopic (exact) mass is 446 g/mol. The lowest BCUT2D eigenvalue weighted by Crippen LogP contribution is -2.19. The van der Waals surface area contributed by atoms with Crippen molar-refractivity contribution in [3.63, 3.8) is 0 Å². The molecule has 32 heavy (non-hydrogen) atoms. The van der Waals surface area contributed by atoms with E-state index in [1.807, 2.05) is 62.4 Å². The molecule has 1 N–H and O–H groups in total. The lowest BCUT2D eigenvalue weighted by molar-refractivity contribution is 0.626. The molecule has 6 heteroatoms. The van der Waals surface area contributed by atoms with Crippen LogP contribution >= 0.6 is 11.6 Å². The number of pyridine rings is 1. The van der Waals surface area contributed by atoms with Crippen LogP contribution in [-0.4, -0.2) is 4.57 Å². The first-order valence-electron chi connectivity index (χ1n) is 10.4. The number of aryl methyl sites for hydroxylation is 2. The number of benzene rings is 3. The van der Waals surface area contributed by atoms with Gasteiger partial charge in [0.05, 0.1) is 21.5 Å². The van der Waals surface area contributed by atoms with Gasteiger partial charge in [0.25, 0.3) is 5.56 Å². The minimum absolute atomic E-state index is 0.138. The van der Waals surface area contributed by atoms with Crippen LogP contribution in [0.15, 0.2) is 75.9 Å². The Morgan fingerprint density at radius 3 is 2.50 bits per heavy atom. The molecule has 2 aromatic heterocycles. The molecule has 0 spiro atoms. The van der Waals surface area contributed by atoms with E-state index in [4.69, 9.17) is 16.0 Å². The van der Waals surface area contributed by atoms with Crippen molar-refractivity contribution in [3.8, 4) is 11.1 Å². The van der Waals surface area contributed by atoms with Gasteiger partial charge in [-0.15, -0.1) is 0 Å². The van der Waals surface area contributed by atoms with E-state index in [0.29, 0.717) is 23.1 Å². The van der Waals surface area contributed by atoms with Crippen LogP contribution in [0.5, 0.6) is 0 Å². The number of fused-ring (bicyclic) bond motifs is 3. The molecule has 4 nitrogen and oxygen atoms in total. The molecular weight excluding hydrogens is 427 g/mol. The summed E-state index contributed by atoms with van der Waals surface area (Å²) in [5, 5.41) is 4.55.